The minimum atomic E-state index is 0.337. The predicted molar refractivity (Wildman–Crippen MR) is 103 cm³/mol. The van der Waals surface area contributed by atoms with Gasteiger partial charge < -0.3 is 15.2 Å². The molecule has 2 aromatic carbocycles. The van der Waals surface area contributed by atoms with Gasteiger partial charge in [0.25, 0.3) is 0 Å². The monoisotopic (exact) mass is 350 g/mol. The third-order valence-corrected chi connectivity index (χ3v) is 4.02. The van der Waals surface area contributed by atoms with Crippen LogP contribution < -0.4 is 15.2 Å². The molecule has 0 aliphatic carbocycles. The van der Waals surface area contributed by atoms with Gasteiger partial charge in [-0.1, -0.05) is 30.3 Å². The van der Waals surface area contributed by atoms with Crippen LogP contribution in [0.3, 0.4) is 0 Å². The molecule has 0 saturated heterocycles. The second kappa shape index (κ2) is 7.74. The van der Waals surface area contributed by atoms with Gasteiger partial charge in [0.15, 0.2) is 11.5 Å². The molecule has 6 nitrogen and oxygen atoms in total. The lowest BCUT2D eigenvalue weighted by molar-refractivity contribution is 0.283. The minimum absolute atomic E-state index is 0.337. The summed E-state index contributed by atoms with van der Waals surface area (Å²) >= 11 is 0. The van der Waals surface area contributed by atoms with Crippen molar-refractivity contribution in [3.05, 3.63) is 71.0 Å². The molecular weight excluding hydrogens is 328 g/mol. The smallest absolute Gasteiger partial charge is 0.221 e. The van der Waals surface area contributed by atoms with Crippen LogP contribution in [0, 0.1) is 13.8 Å². The summed E-state index contributed by atoms with van der Waals surface area (Å²) < 4.78 is 13.1. The van der Waals surface area contributed by atoms with Crippen LogP contribution in [0.4, 0.5) is 5.95 Å². The molecule has 0 unspecified atom stereocenters. The highest BCUT2D eigenvalue weighted by molar-refractivity contribution is 5.85. The van der Waals surface area contributed by atoms with Crippen LogP contribution in [0.15, 0.2) is 53.8 Å². The van der Waals surface area contributed by atoms with Crippen LogP contribution in [-0.2, 0) is 6.61 Å². The van der Waals surface area contributed by atoms with Crippen LogP contribution in [0.25, 0.3) is 0 Å². The lowest BCUT2D eigenvalue weighted by Gasteiger charge is -2.14. The van der Waals surface area contributed by atoms with E-state index in [1.807, 2.05) is 43.3 Å². The molecule has 1 aromatic heterocycles. The zero-order chi connectivity index (χ0) is 18.5. The lowest BCUT2D eigenvalue weighted by atomic mass is 10.1. The van der Waals surface area contributed by atoms with E-state index in [0.717, 1.165) is 16.8 Å². The molecule has 0 atom stereocenters. The number of rotatable bonds is 6. The minimum Gasteiger partial charge on any atom is -0.493 e. The highest BCUT2D eigenvalue weighted by atomic mass is 16.5. The van der Waals surface area contributed by atoms with E-state index in [1.165, 1.54) is 10.2 Å². The first-order valence-electron chi connectivity index (χ1n) is 8.28. The third kappa shape index (κ3) is 3.85. The topological polar surface area (TPSA) is 74.7 Å². The summed E-state index contributed by atoms with van der Waals surface area (Å²) in [6.45, 7) is 4.37. The van der Waals surface area contributed by atoms with E-state index in [9.17, 15) is 0 Å². The molecule has 134 valence electrons. The van der Waals surface area contributed by atoms with Crippen molar-refractivity contribution >= 4 is 12.2 Å². The number of methoxy groups -OCH3 is 1. The van der Waals surface area contributed by atoms with Crippen molar-refractivity contribution in [3.63, 3.8) is 0 Å². The van der Waals surface area contributed by atoms with Crippen molar-refractivity contribution in [2.45, 2.75) is 20.5 Å². The first-order chi connectivity index (χ1) is 12.6. The summed E-state index contributed by atoms with van der Waals surface area (Å²) in [5.74, 6) is 1.62. The largest absolute Gasteiger partial charge is 0.493 e. The van der Waals surface area contributed by atoms with Gasteiger partial charge in [0, 0.05) is 5.56 Å². The van der Waals surface area contributed by atoms with Crippen LogP contribution in [0.5, 0.6) is 11.5 Å². The van der Waals surface area contributed by atoms with Crippen LogP contribution in [0.1, 0.15) is 22.4 Å². The standard InChI is InChI=1S/C20H22N4O2/c1-14-7-4-5-8-17(14)13-26-19-16(9-6-10-18(19)25-3)11-22-24-12-15(2)23-20(24)21/h4-12H,13H2,1-3H3,(H2,21,23). The van der Waals surface area contributed by atoms with Gasteiger partial charge in [-0.15, -0.1) is 0 Å². The van der Waals surface area contributed by atoms with Crippen molar-refractivity contribution in [1.82, 2.24) is 9.66 Å². The Morgan fingerprint density at radius 1 is 1.15 bits per heavy atom. The maximum atomic E-state index is 6.08. The fraction of sp³-hybridized carbons (Fsp3) is 0.200. The summed E-state index contributed by atoms with van der Waals surface area (Å²) in [7, 11) is 1.62. The first-order valence-corrected chi connectivity index (χ1v) is 8.28. The van der Waals surface area contributed by atoms with Gasteiger partial charge >= 0.3 is 0 Å². The molecule has 3 aromatic rings. The Morgan fingerprint density at radius 3 is 2.65 bits per heavy atom. The molecule has 2 N–H and O–H groups in total. The first kappa shape index (κ1) is 17.5. The second-order valence-electron chi connectivity index (χ2n) is 5.92. The number of nitrogens with zero attached hydrogens (tertiary/aromatic N) is 3. The number of aromatic nitrogens is 2. The van der Waals surface area contributed by atoms with Gasteiger partial charge in [-0.25, -0.2) is 9.66 Å². The number of nitrogens with two attached hydrogens (primary N) is 1. The van der Waals surface area contributed by atoms with E-state index in [4.69, 9.17) is 15.2 Å². The molecule has 0 fully saturated rings. The van der Waals surface area contributed by atoms with E-state index in [2.05, 4.69) is 23.1 Å². The van der Waals surface area contributed by atoms with Gasteiger partial charge in [0.1, 0.15) is 6.61 Å². The van der Waals surface area contributed by atoms with Gasteiger partial charge in [-0.3, -0.25) is 0 Å². The third-order valence-electron chi connectivity index (χ3n) is 4.02. The molecule has 0 aliphatic heterocycles. The molecule has 1 heterocycles. The van der Waals surface area contributed by atoms with Crippen LogP contribution >= 0.6 is 0 Å². The van der Waals surface area contributed by atoms with Gasteiger partial charge in [-0.2, -0.15) is 5.10 Å². The average molecular weight is 350 g/mol. The summed E-state index contributed by atoms with van der Waals surface area (Å²) in [5.41, 5.74) is 9.74. The van der Waals surface area contributed by atoms with E-state index in [1.54, 1.807) is 19.5 Å². The summed E-state index contributed by atoms with van der Waals surface area (Å²) in [4.78, 5) is 4.14. The molecule has 0 spiro atoms. The van der Waals surface area contributed by atoms with E-state index < -0.39 is 0 Å². The summed E-state index contributed by atoms with van der Waals surface area (Å²) in [5, 5.41) is 4.37. The van der Waals surface area contributed by atoms with Crippen molar-refractivity contribution in [2.24, 2.45) is 5.10 Å². The number of hydrogen-bond acceptors (Lipinski definition) is 5. The van der Waals surface area contributed by atoms with E-state index in [-0.39, 0.29) is 0 Å². The Morgan fingerprint density at radius 2 is 1.96 bits per heavy atom. The molecule has 0 aliphatic rings. The summed E-state index contributed by atoms with van der Waals surface area (Å²) in [6, 6.07) is 13.8. The zero-order valence-corrected chi connectivity index (χ0v) is 15.1. The Labute approximate surface area is 152 Å². The highest BCUT2D eigenvalue weighted by Gasteiger charge is 2.10. The van der Waals surface area contributed by atoms with Gasteiger partial charge in [0.05, 0.1) is 25.2 Å². The maximum absolute atomic E-state index is 6.08. The maximum Gasteiger partial charge on any atom is 0.221 e. The molecule has 26 heavy (non-hydrogen) atoms. The quantitative estimate of drug-likeness (QED) is 0.690. The molecule has 0 bridgehead atoms. The van der Waals surface area contributed by atoms with E-state index >= 15 is 0 Å². The summed E-state index contributed by atoms with van der Waals surface area (Å²) in [6.07, 6.45) is 3.45. The van der Waals surface area contributed by atoms with Gasteiger partial charge in [0.2, 0.25) is 5.95 Å². The highest BCUT2D eigenvalue weighted by Crippen LogP contribution is 2.31. The number of para-hydroxylation sites is 1. The molecule has 6 heteroatoms. The molecule has 0 amide bonds. The van der Waals surface area contributed by atoms with Gasteiger partial charge in [-0.05, 0) is 37.1 Å². The number of nitrogen functional groups attached to an aromatic ring is 1. The average Bonchev–Trinajstić information content (AvgIpc) is 2.96. The Hall–Kier alpha value is -3.28. The fourth-order valence-corrected chi connectivity index (χ4v) is 2.59. The number of ether oxygens (including phenoxy) is 2. The number of aryl methyl sites for hydroxylation is 2. The number of imidazole rings is 1. The Balaban J connectivity index is 1.88. The lowest BCUT2D eigenvalue weighted by Crippen LogP contribution is -2.03. The number of benzene rings is 2. The molecule has 0 saturated carbocycles. The normalized spacial score (nSPS) is 11.0. The second-order valence-corrected chi connectivity index (χ2v) is 5.92. The van der Waals surface area contributed by atoms with E-state index in [0.29, 0.717) is 24.1 Å². The van der Waals surface area contributed by atoms with Crippen LogP contribution in [-0.4, -0.2) is 23.0 Å². The van der Waals surface area contributed by atoms with Crippen LogP contribution in [0.2, 0.25) is 0 Å². The molecule has 0 radical (unpaired) electrons. The predicted octanol–water partition coefficient (Wildman–Crippen LogP) is 3.55. The van der Waals surface area contributed by atoms with Crippen molar-refractivity contribution < 1.29 is 9.47 Å². The Bertz CT molecular complexity index is 931. The van der Waals surface area contributed by atoms with Crippen molar-refractivity contribution in [2.75, 3.05) is 12.8 Å². The van der Waals surface area contributed by atoms with Crippen molar-refractivity contribution in [1.29, 1.82) is 0 Å². The SMILES string of the molecule is COc1cccc(C=Nn2cc(C)nc2N)c1OCc1ccccc1C. The molecule has 3 rings (SSSR count). The zero-order valence-electron chi connectivity index (χ0n) is 15.1. The Kier molecular flexibility index (Phi) is 5.22. The number of hydrogen-bond donors (Lipinski definition) is 1. The van der Waals surface area contributed by atoms with Crippen molar-refractivity contribution in [3.8, 4) is 11.5 Å². The number of anilines is 1. The fourth-order valence-electron chi connectivity index (χ4n) is 2.59. The molecular formula is C20H22N4O2.